The fourth-order valence-corrected chi connectivity index (χ4v) is 4.81. The molecule has 1 aliphatic heterocycles. The van der Waals surface area contributed by atoms with Crippen molar-refractivity contribution in [3.63, 3.8) is 0 Å². The van der Waals surface area contributed by atoms with Crippen LogP contribution in [0.4, 0.5) is 11.5 Å². The topological polar surface area (TPSA) is 110 Å². The molecule has 0 spiro atoms. The number of carbonyl (C=O) groups excluding carboxylic acids is 1. The maximum atomic E-state index is 13.3. The first-order chi connectivity index (χ1) is 16.3. The van der Waals surface area contributed by atoms with Crippen LogP contribution in [0.5, 0.6) is 0 Å². The van der Waals surface area contributed by atoms with Gasteiger partial charge in [0.25, 0.3) is 5.91 Å². The van der Waals surface area contributed by atoms with Crippen molar-refractivity contribution in [3.8, 4) is 0 Å². The molecule has 4 heterocycles. The van der Waals surface area contributed by atoms with Crippen molar-refractivity contribution < 1.29 is 14.6 Å². The number of hydrogen-bond donors (Lipinski definition) is 2. The molecule has 2 N–H and O–H groups in total. The Kier molecular flexibility index (Phi) is 6.03. The van der Waals surface area contributed by atoms with Crippen LogP contribution in [0.15, 0.2) is 24.7 Å². The summed E-state index contributed by atoms with van der Waals surface area (Å²) in [5.41, 5.74) is 0.632. The fraction of sp³-hybridized carbons (Fsp3) is 0.583. The number of ether oxygens (including phenoxy) is 1. The third kappa shape index (κ3) is 4.52. The van der Waals surface area contributed by atoms with Gasteiger partial charge in [-0.05, 0) is 51.5 Å². The number of amides is 1. The molecule has 0 atom stereocenters. The number of aliphatic hydroxyl groups is 1. The minimum Gasteiger partial charge on any atom is -0.384 e. The first-order valence-corrected chi connectivity index (χ1v) is 12.1. The summed E-state index contributed by atoms with van der Waals surface area (Å²) in [4.78, 5) is 20.2. The summed E-state index contributed by atoms with van der Waals surface area (Å²) in [5.74, 6) is 1.19. The predicted molar refractivity (Wildman–Crippen MR) is 128 cm³/mol. The molecule has 0 radical (unpaired) electrons. The van der Waals surface area contributed by atoms with E-state index in [4.69, 9.17) is 14.8 Å². The molecule has 0 bridgehead atoms. The van der Waals surface area contributed by atoms with Gasteiger partial charge in [0.05, 0.1) is 31.1 Å². The van der Waals surface area contributed by atoms with E-state index >= 15 is 0 Å². The molecule has 1 saturated carbocycles. The summed E-state index contributed by atoms with van der Waals surface area (Å²) in [6.45, 7) is 8.47. The molecular weight excluding hydrogens is 434 g/mol. The zero-order valence-electron chi connectivity index (χ0n) is 20.1. The van der Waals surface area contributed by atoms with Crippen LogP contribution in [0.3, 0.4) is 0 Å². The third-order valence-electron chi connectivity index (χ3n) is 6.85. The predicted octanol–water partition coefficient (Wildman–Crippen LogP) is 2.99. The van der Waals surface area contributed by atoms with E-state index < -0.39 is 5.60 Å². The average molecular weight is 468 g/mol. The number of fused-ring (bicyclic) bond motifs is 1. The second-order valence-electron chi connectivity index (χ2n) is 10.0. The Hall–Kier alpha value is -2.98. The highest BCUT2D eigenvalue weighted by Crippen LogP contribution is 2.35. The molecule has 0 unspecified atom stereocenters. The van der Waals surface area contributed by atoms with Gasteiger partial charge in [0.2, 0.25) is 0 Å². The van der Waals surface area contributed by atoms with Gasteiger partial charge >= 0.3 is 0 Å². The van der Waals surface area contributed by atoms with E-state index in [1.807, 2.05) is 23.1 Å². The van der Waals surface area contributed by atoms with Gasteiger partial charge in [-0.15, -0.1) is 0 Å². The van der Waals surface area contributed by atoms with Crippen LogP contribution < -0.4 is 10.2 Å². The zero-order valence-corrected chi connectivity index (χ0v) is 20.1. The molecule has 1 amide bonds. The lowest BCUT2D eigenvalue weighted by molar-refractivity contribution is 0.0730. The van der Waals surface area contributed by atoms with Crippen molar-refractivity contribution >= 4 is 23.1 Å². The van der Waals surface area contributed by atoms with Crippen molar-refractivity contribution in [3.05, 3.63) is 35.9 Å². The molecule has 182 valence electrons. The van der Waals surface area contributed by atoms with Crippen molar-refractivity contribution in [1.82, 2.24) is 24.4 Å². The number of rotatable bonds is 5. The molecule has 2 aliphatic rings. The Morgan fingerprint density at radius 3 is 2.65 bits per heavy atom. The smallest absolute Gasteiger partial charge is 0.261 e. The second-order valence-corrected chi connectivity index (χ2v) is 10.0. The summed E-state index contributed by atoms with van der Waals surface area (Å²) in [6, 6.07) is 2.17. The van der Waals surface area contributed by atoms with E-state index in [0.717, 1.165) is 50.5 Å². The summed E-state index contributed by atoms with van der Waals surface area (Å²) in [7, 11) is 0. The molecule has 34 heavy (non-hydrogen) atoms. The Labute approximate surface area is 198 Å². The zero-order chi connectivity index (χ0) is 23.9. The van der Waals surface area contributed by atoms with Gasteiger partial charge in [0.1, 0.15) is 22.7 Å². The van der Waals surface area contributed by atoms with E-state index in [1.165, 1.54) is 6.20 Å². The molecule has 1 aliphatic carbocycles. The van der Waals surface area contributed by atoms with Crippen LogP contribution in [0.2, 0.25) is 0 Å². The van der Waals surface area contributed by atoms with Crippen molar-refractivity contribution in [2.45, 2.75) is 58.1 Å². The monoisotopic (exact) mass is 467 g/mol. The van der Waals surface area contributed by atoms with Gasteiger partial charge in [-0.2, -0.15) is 10.2 Å². The number of anilines is 2. The summed E-state index contributed by atoms with van der Waals surface area (Å²) >= 11 is 0. The molecule has 1 saturated heterocycles. The van der Waals surface area contributed by atoms with Crippen LogP contribution in [0.25, 0.3) is 5.65 Å². The third-order valence-corrected chi connectivity index (χ3v) is 6.85. The quantitative estimate of drug-likeness (QED) is 0.594. The lowest BCUT2D eigenvalue weighted by Crippen LogP contribution is -2.36. The maximum absolute atomic E-state index is 13.3. The highest BCUT2D eigenvalue weighted by Gasteiger charge is 2.29. The number of morpholine rings is 1. The Balaban J connectivity index is 1.42. The molecule has 10 heteroatoms. The number of nitrogens with one attached hydrogen (secondary N) is 1. The van der Waals surface area contributed by atoms with E-state index in [1.54, 1.807) is 18.4 Å². The Bertz CT molecular complexity index is 1170. The molecule has 5 rings (SSSR count). The van der Waals surface area contributed by atoms with Crippen molar-refractivity contribution in [2.24, 2.45) is 5.92 Å². The van der Waals surface area contributed by atoms with Gasteiger partial charge in [-0.1, -0.05) is 6.92 Å². The average Bonchev–Trinajstić information content (AvgIpc) is 3.44. The van der Waals surface area contributed by atoms with Crippen molar-refractivity contribution in [1.29, 1.82) is 0 Å². The van der Waals surface area contributed by atoms with Crippen molar-refractivity contribution in [2.75, 3.05) is 36.5 Å². The highest BCUT2D eigenvalue weighted by atomic mass is 16.5. The fourth-order valence-electron chi connectivity index (χ4n) is 4.81. The Morgan fingerprint density at radius 1 is 1.21 bits per heavy atom. The van der Waals surface area contributed by atoms with Crippen LogP contribution in [0, 0.1) is 5.92 Å². The first kappa shape index (κ1) is 22.8. The summed E-state index contributed by atoms with van der Waals surface area (Å²) in [5, 5.41) is 22.7. The maximum Gasteiger partial charge on any atom is 0.261 e. The van der Waals surface area contributed by atoms with Gasteiger partial charge in [0, 0.05) is 25.5 Å². The number of hydrogen-bond acceptors (Lipinski definition) is 7. The number of carbonyl (C=O) groups is 1. The number of nitrogens with zero attached hydrogens (tertiary/aromatic N) is 6. The SMILES string of the molecule is CC1CCC(n2cc(NC(=O)c3cnn4ccc(N5CCOCC5)nc34)c(C(C)(C)O)n2)CC1. The lowest BCUT2D eigenvalue weighted by atomic mass is 9.87. The van der Waals surface area contributed by atoms with Gasteiger partial charge in [-0.3, -0.25) is 9.48 Å². The molecule has 3 aromatic rings. The molecule has 2 fully saturated rings. The molecular formula is C24H33N7O3. The molecule has 10 nitrogen and oxygen atoms in total. The van der Waals surface area contributed by atoms with E-state index in [2.05, 4.69) is 22.2 Å². The molecule has 0 aromatic carbocycles. The van der Waals surface area contributed by atoms with E-state index in [9.17, 15) is 9.90 Å². The van der Waals surface area contributed by atoms with E-state index in [-0.39, 0.29) is 11.9 Å². The lowest BCUT2D eigenvalue weighted by Gasteiger charge is -2.27. The van der Waals surface area contributed by atoms with Crippen LogP contribution in [-0.2, 0) is 10.3 Å². The second kappa shape index (κ2) is 8.99. The summed E-state index contributed by atoms with van der Waals surface area (Å²) < 4.78 is 8.95. The minimum atomic E-state index is -1.20. The van der Waals surface area contributed by atoms with Gasteiger partial charge in [0.15, 0.2) is 5.65 Å². The van der Waals surface area contributed by atoms with E-state index in [0.29, 0.717) is 35.8 Å². The van der Waals surface area contributed by atoms with Crippen LogP contribution in [-0.4, -0.2) is 61.7 Å². The van der Waals surface area contributed by atoms with Crippen LogP contribution in [0.1, 0.15) is 68.5 Å². The summed E-state index contributed by atoms with van der Waals surface area (Å²) in [6.07, 6.45) is 9.59. The number of aromatic nitrogens is 5. The largest absolute Gasteiger partial charge is 0.384 e. The van der Waals surface area contributed by atoms with Crippen LogP contribution >= 0.6 is 0 Å². The molecule has 3 aromatic heterocycles. The standard InChI is InChI=1S/C24H33N7O3/c1-16-4-6-17(7-5-16)31-15-19(21(28-31)24(2,3)33)26-23(32)18-14-25-30-9-8-20(27-22(18)30)29-10-12-34-13-11-29/h8-9,14-17,33H,4-7,10-13H2,1-3H3,(H,26,32). The van der Waals surface area contributed by atoms with Gasteiger partial charge < -0.3 is 20.1 Å². The Morgan fingerprint density at radius 2 is 1.94 bits per heavy atom. The first-order valence-electron chi connectivity index (χ1n) is 12.1. The minimum absolute atomic E-state index is 0.276. The highest BCUT2D eigenvalue weighted by molar-refractivity contribution is 6.08. The van der Waals surface area contributed by atoms with Gasteiger partial charge in [-0.25, -0.2) is 9.50 Å². The normalized spacial score (nSPS) is 21.7.